The lowest BCUT2D eigenvalue weighted by Gasteiger charge is -2.28. The number of benzene rings is 1. The van der Waals surface area contributed by atoms with E-state index in [0.717, 1.165) is 5.56 Å². The molecular formula is C15H16ClN3O3S. The standard InChI is InChI=1S/C15H16ClN3O3S/c1-11(20)23-7-14-6-21-15(22-14,8-19-10-17-9-18-19)12-2-4-13(16)5-3-12/h2-5,9-10,14H,6-8H2,1H3/t14-,15-/m0/s1. The monoisotopic (exact) mass is 353 g/mol. The van der Waals surface area contributed by atoms with Crippen molar-refractivity contribution in [2.45, 2.75) is 25.4 Å². The molecule has 0 bridgehead atoms. The number of rotatable bonds is 5. The molecule has 122 valence electrons. The molecule has 2 heterocycles. The second-order valence-corrected chi connectivity index (χ2v) is 6.84. The fourth-order valence-electron chi connectivity index (χ4n) is 2.41. The maximum absolute atomic E-state index is 11.2. The Morgan fingerprint density at radius 2 is 2.26 bits per heavy atom. The molecule has 1 aliphatic rings. The Labute approximate surface area is 143 Å². The largest absolute Gasteiger partial charge is 0.342 e. The number of hydrogen-bond donors (Lipinski definition) is 0. The summed E-state index contributed by atoms with van der Waals surface area (Å²) in [4.78, 5) is 15.1. The Hall–Kier alpha value is -1.41. The molecule has 2 aromatic rings. The van der Waals surface area contributed by atoms with E-state index in [2.05, 4.69) is 10.1 Å². The van der Waals surface area contributed by atoms with Crippen molar-refractivity contribution in [2.75, 3.05) is 12.4 Å². The Morgan fingerprint density at radius 3 is 2.91 bits per heavy atom. The number of carbonyl (C=O) groups is 1. The molecule has 1 aromatic carbocycles. The van der Waals surface area contributed by atoms with Gasteiger partial charge in [0.1, 0.15) is 19.2 Å². The van der Waals surface area contributed by atoms with Gasteiger partial charge >= 0.3 is 0 Å². The van der Waals surface area contributed by atoms with Gasteiger partial charge in [-0.25, -0.2) is 9.67 Å². The molecule has 0 radical (unpaired) electrons. The third-order valence-electron chi connectivity index (χ3n) is 3.45. The van der Waals surface area contributed by atoms with Crippen LogP contribution in [-0.4, -0.2) is 38.3 Å². The first-order valence-corrected chi connectivity index (χ1v) is 8.47. The van der Waals surface area contributed by atoms with Crippen LogP contribution in [0.25, 0.3) is 0 Å². The maximum atomic E-state index is 11.2. The van der Waals surface area contributed by atoms with E-state index >= 15 is 0 Å². The Bertz CT molecular complexity index is 665. The summed E-state index contributed by atoms with van der Waals surface area (Å²) in [6.45, 7) is 2.33. The fraction of sp³-hybridized carbons (Fsp3) is 0.400. The van der Waals surface area contributed by atoms with Gasteiger partial charge in [-0.1, -0.05) is 35.5 Å². The van der Waals surface area contributed by atoms with Crippen LogP contribution >= 0.6 is 23.4 Å². The first-order valence-electron chi connectivity index (χ1n) is 7.11. The van der Waals surface area contributed by atoms with E-state index in [4.69, 9.17) is 21.1 Å². The molecule has 0 saturated carbocycles. The predicted octanol–water partition coefficient (Wildman–Crippen LogP) is 2.48. The molecule has 3 rings (SSSR count). The molecule has 2 atom stereocenters. The van der Waals surface area contributed by atoms with Crippen molar-refractivity contribution >= 4 is 28.5 Å². The van der Waals surface area contributed by atoms with Gasteiger partial charge in [0.15, 0.2) is 5.12 Å². The minimum Gasteiger partial charge on any atom is -0.342 e. The number of thioether (sulfide) groups is 1. The molecule has 1 aliphatic heterocycles. The highest BCUT2D eigenvalue weighted by atomic mass is 35.5. The van der Waals surface area contributed by atoms with Crippen LogP contribution in [0, 0.1) is 0 Å². The molecule has 8 heteroatoms. The van der Waals surface area contributed by atoms with Crippen LogP contribution in [0.1, 0.15) is 12.5 Å². The fourth-order valence-corrected chi connectivity index (χ4v) is 3.13. The number of nitrogens with zero attached hydrogens (tertiary/aromatic N) is 3. The van der Waals surface area contributed by atoms with Crippen LogP contribution in [0.5, 0.6) is 0 Å². The van der Waals surface area contributed by atoms with Gasteiger partial charge in [0.25, 0.3) is 0 Å². The molecule has 23 heavy (non-hydrogen) atoms. The summed E-state index contributed by atoms with van der Waals surface area (Å²) in [5.74, 6) is -0.400. The van der Waals surface area contributed by atoms with Crippen molar-refractivity contribution in [1.82, 2.24) is 14.8 Å². The number of carbonyl (C=O) groups excluding carboxylic acids is 1. The molecule has 0 N–H and O–H groups in total. The SMILES string of the molecule is CC(=O)SC[C@@H]1CO[C@](Cn2cncn2)(c2ccc(Cl)cc2)O1. The molecule has 0 amide bonds. The molecule has 0 aliphatic carbocycles. The number of halogens is 1. The van der Waals surface area contributed by atoms with Crippen molar-refractivity contribution in [3.05, 3.63) is 47.5 Å². The van der Waals surface area contributed by atoms with Crippen LogP contribution in [0.4, 0.5) is 0 Å². The lowest BCUT2D eigenvalue weighted by atomic mass is 10.1. The van der Waals surface area contributed by atoms with Crippen molar-refractivity contribution in [1.29, 1.82) is 0 Å². The highest BCUT2D eigenvalue weighted by Gasteiger charge is 2.44. The van der Waals surface area contributed by atoms with Gasteiger partial charge in [0.2, 0.25) is 5.79 Å². The average molecular weight is 354 g/mol. The third-order valence-corrected chi connectivity index (χ3v) is 4.65. The summed E-state index contributed by atoms with van der Waals surface area (Å²) in [7, 11) is 0. The zero-order valence-electron chi connectivity index (χ0n) is 12.5. The van der Waals surface area contributed by atoms with Crippen molar-refractivity contribution in [2.24, 2.45) is 0 Å². The van der Waals surface area contributed by atoms with E-state index in [0.29, 0.717) is 23.9 Å². The van der Waals surface area contributed by atoms with Gasteiger partial charge in [-0.15, -0.1) is 0 Å². The minimum absolute atomic E-state index is 0.0638. The summed E-state index contributed by atoms with van der Waals surface area (Å²) < 4.78 is 13.8. The summed E-state index contributed by atoms with van der Waals surface area (Å²) in [5.41, 5.74) is 0.854. The quantitative estimate of drug-likeness (QED) is 0.822. The molecule has 0 unspecified atom stereocenters. The summed E-state index contributed by atoms with van der Waals surface area (Å²) in [6.07, 6.45) is 2.92. The molecule has 6 nitrogen and oxygen atoms in total. The summed E-state index contributed by atoms with van der Waals surface area (Å²) >= 11 is 7.20. The van der Waals surface area contributed by atoms with E-state index in [9.17, 15) is 4.79 Å². The lowest BCUT2D eigenvalue weighted by molar-refractivity contribution is -0.186. The van der Waals surface area contributed by atoms with E-state index in [1.54, 1.807) is 30.1 Å². The van der Waals surface area contributed by atoms with Gasteiger partial charge in [0.05, 0.1) is 12.7 Å². The van der Waals surface area contributed by atoms with Gasteiger partial charge < -0.3 is 9.47 Å². The van der Waals surface area contributed by atoms with Gasteiger partial charge in [-0.3, -0.25) is 4.79 Å². The van der Waals surface area contributed by atoms with Crippen LogP contribution in [0.3, 0.4) is 0 Å². The molecule has 0 spiro atoms. The number of aromatic nitrogens is 3. The molecule has 1 saturated heterocycles. The molecule has 1 aromatic heterocycles. The van der Waals surface area contributed by atoms with Gasteiger partial charge in [0, 0.05) is 23.3 Å². The second kappa shape index (κ2) is 7.00. The Morgan fingerprint density at radius 1 is 1.48 bits per heavy atom. The van der Waals surface area contributed by atoms with Gasteiger partial charge in [-0.2, -0.15) is 5.10 Å². The second-order valence-electron chi connectivity index (χ2n) is 5.21. The smallest absolute Gasteiger partial charge is 0.215 e. The van der Waals surface area contributed by atoms with Crippen LogP contribution < -0.4 is 0 Å². The number of hydrogen-bond acceptors (Lipinski definition) is 6. The third kappa shape index (κ3) is 3.92. The predicted molar refractivity (Wildman–Crippen MR) is 87.1 cm³/mol. The Balaban J connectivity index is 1.83. The average Bonchev–Trinajstić information content (AvgIpc) is 3.17. The highest BCUT2D eigenvalue weighted by molar-refractivity contribution is 8.13. The first-order chi connectivity index (χ1) is 11.1. The zero-order chi connectivity index (χ0) is 16.3. The number of ether oxygens (including phenoxy) is 2. The molecular weight excluding hydrogens is 338 g/mol. The van der Waals surface area contributed by atoms with Crippen molar-refractivity contribution < 1.29 is 14.3 Å². The normalized spacial score (nSPS) is 24.0. The first kappa shape index (κ1) is 16.4. The van der Waals surface area contributed by atoms with Crippen LogP contribution in [0.2, 0.25) is 5.02 Å². The Kier molecular flexibility index (Phi) is 5.01. The minimum atomic E-state index is -0.958. The maximum Gasteiger partial charge on any atom is 0.215 e. The van der Waals surface area contributed by atoms with Crippen molar-refractivity contribution in [3.8, 4) is 0 Å². The summed E-state index contributed by atoms with van der Waals surface area (Å²) in [6, 6.07) is 7.34. The van der Waals surface area contributed by atoms with E-state index in [1.807, 2.05) is 12.1 Å². The van der Waals surface area contributed by atoms with Crippen LogP contribution in [-0.2, 0) is 26.6 Å². The van der Waals surface area contributed by atoms with E-state index in [-0.39, 0.29) is 11.2 Å². The zero-order valence-corrected chi connectivity index (χ0v) is 14.1. The van der Waals surface area contributed by atoms with Crippen molar-refractivity contribution in [3.63, 3.8) is 0 Å². The highest BCUT2D eigenvalue weighted by Crippen LogP contribution is 2.37. The topological polar surface area (TPSA) is 66.2 Å². The summed E-state index contributed by atoms with van der Waals surface area (Å²) in [5, 5.41) is 4.84. The molecule has 1 fully saturated rings. The van der Waals surface area contributed by atoms with Gasteiger partial charge in [-0.05, 0) is 12.1 Å². The van der Waals surface area contributed by atoms with Crippen LogP contribution in [0.15, 0.2) is 36.9 Å². The lowest BCUT2D eigenvalue weighted by Crippen LogP contribution is -2.34. The van der Waals surface area contributed by atoms with E-state index in [1.165, 1.54) is 18.1 Å². The van der Waals surface area contributed by atoms with E-state index < -0.39 is 5.79 Å².